The second kappa shape index (κ2) is 7.36. The van der Waals surface area contributed by atoms with Gasteiger partial charge in [0.2, 0.25) is 0 Å². The number of rotatable bonds is 5. The number of nitrogens with zero attached hydrogens (tertiary/aromatic N) is 1. The van der Waals surface area contributed by atoms with Crippen molar-refractivity contribution in [3.05, 3.63) is 29.8 Å². The summed E-state index contributed by atoms with van der Waals surface area (Å²) in [5.41, 5.74) is 0.681. The normalized spacial score (nSPS) is 29.6. The van der Waals surface area contributed by atoms with Crippen LogP contribution in [0.4, 0.5) is 0 Å². The maximum Gasteiger partial charge on any atom is 0.257 e. The van der Waals surface area contributed by atoms with E-state index in [0.29, 0.717) is 17.2 Å². The second-order valence-corrected chi connectivity index (χ2v) is 7.97. The number of amides is 1. The molecule has 1 N–H and O–H groups in total. The number of benzene rings is 1. The molecule has 0 bridgehead atoms. The number of likely N-dealkylation sites (tertiary alicyclic amines) is 1. The molecule has 4 heteroatoms. The van der Waals surface area contributed by atoms with E-state index in [2.05, 4.69) is 0 Å². The molecule has 1 aliphatic heterocycles. The van der Waals surface area contributed by atoms with Crippen molar-refractivity contribution in [1.82, 2.24) is 4.90 Å². The van der Waals surface area contributed by atoms with Crippen molar-refractivity contribution in [2.45, 2.75) is 63.5 Å². The van der Waals surface area contributed by atoms with E-state index in [4.69, 9.17) is 4.74 Å². The quantitative estimate of drug-likeness (QED) is 0.888. The van der Waals surface area contributed by atoms with Crippen molar-refractivity contribution in [2.24, 2.45) is 11.8 Å². The summed E-state index contributed by atoms with van der Waals surface area (Å²) >= 11 is 0. The molecule has 1 amide bonds. The first-order valence-corrected chi connectivity index (χ1v) is 9.95. The van der Waals surface area contributed by atoms with Crippen molar-refractivity contribution in [1.29, 1.82) is 0 Å². The molecule has 0 unspecified atom stereocenters. The van der Waals surface area contributed by atoms with Crippen molar-refractivity contribution in [3.63, 3.8) is 0 Å². The smallest absolute Gasteiger partial charge is 0.257 e. The fourth-order valence-corrected chi connectivity index (χ4v) is 4.49. The molecule has 136 valence electrons. The van der Waals surface area contributed by atoms with E-state index >= 15 is 0 Å². The minimum absolute atomic E-state index is 0.0756. The molecule has 0 spiro atoms. The molecule has 4 nitrogen and oxygen atoms in total. The minimum atomic E-state index is -0.256. The van der Waals surface area contributed by atoms with Gasteiger partial charge in [-0.2, -0.15) is 0 Å². The Labute approximate surface area is 150 Å². The highest BCUT2D eigenvalue weighted by Crippen LogP contribution is 2.36. The van der Waals surface area contributed by atoms with Crippen LogP contribution in [-0.4, -0.2) is 41.2 Å². The summed E-state index contributed by atoms with van der Waals surface area (Å²) in [7, 11) is 0. The van der Waals surface area contributed by atoms with Crippen LogP contribution < -0.4 is 4.74 Å². The highest BCUT2D eigenvalue weighted by Gasteiger charge is 2.39. The van der Waals surface area contributed by atoms with E-state index < -0.39 is 0 Å². The number of hydrogen-bond acceptors (Lipinski definition) is 3. The zero-order valence-corrected chi connectivity index (χ0v) is 14.9. The topological polar surface area (TPSA) is 49.8 Å². The van der Waals surface area contributed by atoms with Crippen LogP contribution in [0.1, 0.15) is 61.7 Å². The molecule has 1 heterocycles. The summed E-state index contributed by atoms with van der Waals surface area (Å²) in [5.74, 6) is 1.70. The molecule has 25 heavy (non-hydrogen) atoms. The summed E-state index contributed by atoms with van der Waals surface area (Å²) in [4.78, 5) is 15.3. The average molecular weight is 343 g/mol. The number of aliphatic hydroxyl groups is 1. The maximum atomic E-state index is 13.3. The lowest BCUT2D eigenvalue weighted by Gasteiger charge is -2.37. The van der Waals surface area contributed by atoms with E-state index in [1.54, 1.807) is 0 Å². The average Bonchev–Trinajstić information content (AvgIpc) is 3.35. The van der Waals surface area contributed by atoms with Gasteiger partial charge in [0.1, 0.15) is 5.75 Å². The molecule has 0 radical (unpaired) electrons. The van der Waals surface area contributed by atoms with Gasteiger partial charge in [-0.3, -0.25) is 4.79 Å². The Morgan fingerprint density at radius 1 is 1.08 bits per heavy atom. The number of aliphatic hydroxyl groups excluding tert-OH is 1. The van der Waals surface area contributed by atoms with Gasteiger partial charge in [-0.25, -0.2) is 0 Å². The monoisotopic (exact) mass is 343 g/mol. The Kier molecular flexibility index (Phi) is 4.98. The van der Waals surface area contributed by atoms with Crippen LogP contribution in [0.15, 0.2) is 24.3 Å². The Bertz CT molecular complexity index is 613. The van der Waals surface area contributed by atoms with E-state index in [-0.39, 0.29) is 24.0 Å². The molecule has 1 aromatic carbocycles. The third kappa shape index (κ3) is 3.69. The van der Waals surface area contributed by atoms with Gasteiger partial charge >= 0.3 is 0 Å². The SMILES string of the molecule is O=C(c1ccccc1OCC1CC1)N1CCC[C@@H]1[C@H]1CCCC[C@@H]1O. The van der Waals surface area contributed by atoms with Crippen LogP contribution in [0.25, 0.3) is 0 Å². The van der Waals surface area contributed by atoms with Crippen LogP contribution in [0.3, 0.4) is 0 Å². The van der Waals surface area contributed by atoms with Gasteiger partial charge in [-0.05, 0) is 56.6 Å². The standard InChI is InChI=1S/C21H29NO3/c23-19-9-3-1-6-16(19)18-8-5-13-22(18)21(24)17-7-2-4-10-20(17)25-14-15-11-12-15/h2,4,7,10,15-16,18-19,23H,1,3,5-6,8-9,11-14H2/t16-,18-,19+/m1/s1. The molecule has 1 aromatic rings. The predicted molar refractivity (Wildman–Crippen MR) is 96.7 cm³/mol. The first-order valence-electron chi connectivity index (χ1n) is 9.95. The van der Waals surface area contributed by atoms with E-state index in [1.165, 1.54) is 19.3 Å². The largest absolute Gasteiger partial charge is 0.492 e. The summed E-state index contributed by atoms with van der Waals surface area (Å²) in [6.07, 6.45) is 8.46. The Morgan fingerprint density at radius 2 is 1.88 bits per heavy atom. The lowest BCUT2D eigenvalue weighted by atomic mass is 9.80. The molecule has 1 saturated heterocycles. The zero-order valence-electron chi connectivity index (χ0n) is 14.9. The molecular weight excluding hydrogens is 314 g/mol. The van der Waals surface area contributed by atoms with Gasteiger partial charge in [0.15, 0.2) is 0 Å². The van der Waals surface area contributed by atoms with Crippen molar-refractivity contribution in [3.8, 4) is 5.75 Å². The number of carbonyl (C=O) groups excluding carboxylic acids is 1. The molecule has 3 aliphatic rings. The molecule has 3 atom stereocenters. The molecular formula is C21H29NO3. The minimum Gasteiger partial charge on any atom is -0.492 e. The van der Waals surface area contributed by atoms with Crippen LogP contribution in [0.5, 0.6) is 5.75 Å². The van der Waals surface area contributed by atoms with Crippen LogP contribution in [0, 0.1) is 11.8 Å². The van der Waals surface area contributed by atoms with Crippen LogP contribution in [0.2, 0.25) is 0 Å². The van der Waals surface area contributed by atoms with E-state index in [1.807, 2.05) is 29.2 Å². The van der Waals surface area contributed by atoms with Crippen molar-refractivity contribution >= 4 is 5.91 Å². The third-order valence-corrected chi connectivity index (χ3v) is 6.12. The van der Waals surface area contributed by atoms with Crippen molar-refractivity contribution < 1.29 is 14.6 Å². The molecule has 3 fully saturated rings. The molecule has 4 rings (SSSR count). The number of para-hydroxylation sites is 1. The van der Waals surface area contributed by atoms with Gasteiger partial charge in [0.25, 0.3) is 5.91 Å². The maximum absolute atomic E-state index is 13.3. The summed E-state index contributed by atoms with van der Waals surface area (Å²) < 4.78 is 5.95. The van der Waals surface area contributed by atoms with E-state index in [9.17, 15) is 9.90 Å². The zero-order chi connectivity index (χ0) is 17.2. The number of carbonyl (C=O) groups is 1. The predicted octanol–water partition coefficient (Wildman–Crippen LogP) is 3.63. The first-order chi connectivity index (χ1) is 12.2. The van der Waals surface area contributed by atoms with Gasteiger partial charge in [0, 0.05) is 18.5 Å². The molecule has 2 aliphatic carbocycles. The lowest BCUT2D eigenvalue weighted by Crippen LogP contribution is -2.45. The van der Waals surface area contributed by atoms with Crippen molar-refractivity contribution in [2.75, 3.05) is 13.2 Å². The Hall–Kier alpha value is -1.55. The molecule has 2 saturated carbocycles. The van der Waals surface area contributed by atoms with Gasteiger partial charge in [0.05, 0.1) is 18.3 Å². The highest BCUT2D eigenvalue weighted by atomic mass is 16.5. The highest BCUT2D eigenvalue weighted by molar-refractivity contribution is 5.97. The third-order valence-electron chi connectivity index (χ3n) is 6.12. The van der Waals surface area contributed by atoms with Gasteiger partial charge < -0.3 is 14.7 Å². The Morgan fingerprint density at radius 3 is 2.68 bits per heavy atom. The van der Waals surface area contributed by atoms with Gasteiger partial charge in [-0.1, -0.05) is 25.0 Å². The molecule has 0 aromatic heterocycles. The summed E-state index contributed by atoms with van der Waals surface area (Å²) in [6.45, 7) is 1.51. The number of hydrogen-bond donors (Lipinski definition) is 1. The van der Waals surface area contributed by atoms with Crippen LogP contribution >= 0.6 is 0 Å². The lowest BCUT2D eigenvalue weighted by molar-refractivity contribution is 0.0210. The second-order valence-electron chi connectivity index (χ2n) is 7.97. The number of ether oxygens (including phenoxy) is 1. The summed E-state index contributed by atoms with van der Waals surface area (Å²) in [5, 5.41) is 10.4. The Balaban J connectivity index is 1.51. The van der Waals surface area contributed by atoms with Gasteiger partial charge in [-0.15, -0.1) is 0 Å². The fourth-order valence-electron chi connectivity index (χ4n) is 4.49. The summed E-state index contributed by atoms with van der Waals surface area (Å²) in [6, 6.07) is 7.83. The fraction of sp³-hybridized carbons (Fsp3) is 0.667. The first kappa shape index (κ1) is 16.9. The van der Waals surface area contributed by atoms with Crippen LogP contribution in [-0.2, 0) is 0 Å². The van der Waals surface area contributed by atoms with E-state index in [0.717, 1.165) is 45.3 Å².